The maximum Gasteiger partial charge on any atom is 0.248 e. The smallest absolute Gasteiger partial charge is 0.248 e. The van der Waals surface area contributed by atoms with Crippen LogP contribution in [0.15, 0.2) is 48.7 Å². The van der Waals surface area contributed by atoms with Gasteiger partial charge in [0.25, 0.3) is 0 Å². The van der Waals surface area contributed by atoms with Gasteiger partial charge in [0.15, 0.2) is 0 Å². The van der Waals surface area contributed by atoms with Crippen molar-refractivity contribution >= 4 is 52.3 Å². The number of nitrogens with zero attached hydrogens (tertiary/aromatic N) is 4. The van der Waals surface area contributed by atoms with Gasteiger partial charge in [0, 0.05) is 55.7 Å². The Balaban J connectivity index is 1.35. The molecule has 15 heteroatoms. The Bertz CT molecular complexity index is 2160. The second-order valence-corrected chi connectivity index (χ2v) is 19.3. The molecule has 8 rings (SSSR count). The van der Waals surface area contributed by atoms with Crippen molar-refractivity contribution in [3.05, 3.63) is 81.3 Å². The molecule has 5 aliphatic rings. The monoisotopic (exact) mass is 879 g/mol. The fraction of sp³-hybridized carbons (Fsp3) is 0.565. The van der Waals surface area contributed by atoms with E-state index in [-0.39, 0.29) is 33.0 Å². The van der Waals surface area contributed by atoms with E-state index < -0.39 is 58.9 Å². The molecule has 2 aromatic carbocycles. The van der Waals surface area contributed by atoms with Gasteiger partial charge in [-0.3, -0.25) is 29.1 Å². The van der Waals surface area contributed by atoms with Crippen LogP contribution < -0.4 is 20.3 Å². The Morgan fingerprint density at radius 2 is 1.67 bits per heavy atom. The standard InChI is InChI=1S/C46H56Cl2FN5O7/c1-45(2,3)24-35-46(30-25-51-36(48)23-33(30)53(44(46)58)38(55)13-9-27-16-20-61-21-17-27)39(29-6-5-7-31(47)40(29)49)41-43(57)52(32-11-10-28(42(50)56)22-34(32)59-4)37(54(35)41)12-8-26-14-18-60-19-15-26/h5-7,10-11,22-23,25-27,35,37-39,41,55H,8-9,12-21,24H2,1-4H3,(H2,50,56)/t35-,37-,38?,39-,41+,46?/m0/s1. The van der Waals surface area contributed by atoms with Gasteiger partial charge in [0.2, 0.25) is 17.7 Å². The summed E-state index contributed by atoms with van der Waals surface area (Å²) >= 11 is 13.2. The van der Waals surface area contributed by atoms with Crippen LogP contribution in [-0.2, 0) is 24.5 Å². The van der Waals surface area contributed by atoms with Crippen molar-refractivity contribution in [3.8, 4) is 5.75 Å². The van der Waals surface area contributed by atoms with Crippen LogP contribution >= 0.6 is 23.2 Å². The van der Waals surface area contributed by atoms with Gasteiger partial charge in [-0.1, -0.05) is 56.1 Å². The van der Waals surface area contributed by atoms with Crippen LogP contribution in [0, 0.1) is 23.1 Å². The molecule has 5 aliphatic heterocycles. The molecule has 1 aromatic heterocycles. The lowest BCUT2D eigenvalue weighted by Gasteiger charge is -2.43. The van der Waals surface area contributed by atoms with Crippen molar-refractivity contribution in [2.75, 3.05) is 43.3 Å². The lowest BCUT2D eigenvalue weighted by atomic mass is 9.62. The zero-order valence-corrected chi connectivity index (χ0v) is 36.8. The SMILES string of the molecule is COc1cc(C(N)=O)ccc1N1C(=O)[C@H]2[C@H](c3cccc(Cl)c3F)C3(C(=O)N(C(O)CCC4CCOCC4)c4cc(Cl)ncc43)[C@H](CC(C)(C)C)N2[C@H]1CCC1CCOCC1. The molecule has 0 aliphatic carbocycles. The van der Waals surface area contributed by atoms with E-state index >= 15 is 14.0 Å². The minimum absolute atomic E-state index is 0.112. The van der Waals surface area contributed by atoms with Crippen LogP contribution in [0.2, 0.25) is 10.2 Å². The van der Waals surface area contributed by atoms with Crippen LogP contribution in [0.25, 0.3) is 0 Å². The van der Waals surface area contributed by atoms with Crippen LogP contribution in [0.3, 0.4) is 0 Å². The summed E-state index contributed by atoms with van der Waals surface area (Å²) < 4.78 is 34.2. The Morgan fingerprint density at radius 3 is 2.31 bits per heavy atom. The summed E-state index contributed by atoms with van der Waals surface area (Å²) in [5.41, 5.74) is 5.25. The number of hydrogen-bond donors (Lipinski definition) is 2. The number of methoxy groups -OCH3 is 1. The van der Waals surface area contributed by atoms with Gasteiger partial charge in [-0.15, -0.1) is 0 Å². The van der Waals surface area contributed by atoms with Crippen molar-refractivity contribution in [3.63, 3.8) is 0 Å². The highest BCUT2D eigenvalue weighted by Crippen LogP contribution is 2.64. The number of rotatable bonds is 12. The first kappa shape index (κ1) is 43.8. The molecule has 4 saturated heterocycles. The van der Waals surface area contributed by atoms with Gasteiger partial charge in [-0.25, -0.2) is 9.37 Å². The van der Waals surface area contributed by atoms with E-state index in [1.807, 2.05) is 0 Å². The predicted octanol–water partition coefficient (Wildman–Crippen LogP) is 7.60. The summed E-state index contributed by atoms with van der Waals surface area (Å²) in [6.07, 6.45) is 5.76. The van der Waals surface area contributed by atoms with Crippen molar-refractivity contribution in [2.45, 2.75) is 114 Å². The number of halogens is 3. The van der Waals surface area contributed by atoms with Crippen LogP contribution in [0.4, 0.5) is 15.8 Å². The van der Waals surface area contributed by atoms with Crippen molar-refractivity contribution in [1.82, 2.24) is 9.88 Å². The number of fused-ring (bicyclic) bond motifs is 3. The second-order valence-electron chi connectivity index (χ2n) is 18.5. The van der Waals surface area contributed by atoms with Crippen LogP contribution in [0.1, 0.15) is 106 Å². The number of anilines is 2. The van der Waals surface area contributed by atoms with Gasteiger partial charge in [-0.2, -0.15) is 0 Å². The minimum Gasteiger partial charge on any atom is -0.495 e. The molecular formula is C46H56Cl2FN5O7. The van der Waals surface area contributed by atoms with Crippen molar-refractivity contribution in [1.29, 1.82) is 0 Å². The van der Waals surface area contributed by atoms with E-state index in [2.05, 4.69) is 30.7 Å². The Labute approximate surface area is 366 Å². The number of carbonyl (C=O) groups is 3. The molecule has 61 heavy (non-hydrogen) atoms. The molecule has 0 saturated carbocycles. The van der Waals surface area contributed by atoms with Gasteiger partial charge in [0.1, 0.15) is 34.4 Å². The zero-order chi connectivity index (χ0) is 43.4. The molecule has 6 atom stereocenters. The average Bonchev–Trinajstić information content (AvgIpc) is 3.78. The predicted molar refractivity (Wildman–Crippen MR) is 230 cm³/mol. The Kier molecular flexibility index (Phi) is 12.5. The average molecular weight is 881 g/mol. The fourth-order valence-electron chi connectivity index (χ4n) is 11.0. The maximum absolute atomic E-state index is 17.1. The number of aliphatic hydroxyl groups excluding tert-OH is 1. The van der Waals surface area contributed by atoms with Gasteiger partial charge >= 0.3 is 0 Å². The molecule has 4 fully saturated rings. The molecule has 0 bridgehead atoms. The summed E-state index contributed by atoms with van der Waals surface area (Å²) in [5, 5.41) is 12.2. The van der Waals surface area contributed by atoms with Crippen molar-refractivity contribution in [2.24, 2.45) is 23.0 Å². The van der Waals surface area contributed by atoms with E-state index in [1.54, 1.807) is 41.4 Å². The lowest BCUT2D eigenvalue weighted by Crippen LogP contribution is -2.57. The lowest BCUT2D eigenvalue weighted by molar-refractivity contribution is -0.127. The highest BCUT2D eigenvalue weighted by atomic mass is 35.5. The topological polar surface area (TPSA) is 148 Å². The number of aliphatic hydroxyl groups is 1. The molecular weight excluding hydrogens is 824 g/mol. The van der Waals surface area contributed by atoms with Gasteiger partial charge < -0.3 is 25.1 Å². The van der Waals surface area contributed by atoms with E-state index in [0.717, 1.165) is 32.1 Å². The van der Waals surface area contributed by atoms with E-state index in [4.69, 9.17) is 43.1 Å². The quantitative estimate of drug-likeness (QED) is 0.176. The first-order chi connectivity index (χ1) is 29.2. The highest BCUT2D eigenvalue weighted by Gasteiger charge is 2.75. The maximum atomic E-state index is 17.1. The summed E-state index contributed by atoms with van der Waals surface area (Å²) in [5.74, 6) is -2.40. The zero-order valence-electron chi connectivity index (χ0n) is 35.2. The van der Waals surface area contributed by atoms with Crippen LogP contribution in [0.5, 0.6) is 5.75 Å². The molecule has 3 N–H and O–H groups in total. The molecule has 2 unspecified atom stereocenters. The number of nitrogens with two attached hydrogens (primary N) is 1. The Morgan fingerprint density at radius 1 is 1.00 bits per heavy atom. The third-order valence-corrected chi connectivity index (χ3v) is 14.3. The molecule has 6 heterocycles. The number of aromatic nitrogens is 1. The molecule has 3 aromatic rings. The van der Waals surface area contributed by atoms with E-state index in [1.165, 1.54) is 24.1 Å². The first-order valence-corrected chi connectivity index (χ1v) is 22.3. The number of benzene rings is 2. The molecule has 12 nitrogen and oxygen atoms in total. The summed E-state index contributed by atoms with van der Waals surface area (Å²) in [4.78, 5) is 54.2. The molecule has 0 radical (unpaired) electrons. The summed E-state index contributed by atoms with van der Waals surface area (Å²) in [6, 6.07) is 9.25. The first-order valence-electron chi connectivity index (χ1n) is 21.5. The number of carbonyl (C=O) groups excluding carboxylic acids is 3. The Hall–Kier alpha value is -3.85. The van der Waals surface area contributed by atoms with E-state index in [0.29, 0.717) is 80.9 Å². The molecule has 1 spiro atoms. The second kappa shape index (κ2) is 17.4. The highest BCUT2D eigenvalue weighted by molar-refractivity contribution is 6.31. The van der Waals surface area contributed by atoms with Gasteiger partial charge in [0.05, 0.1) is 29.7 Å². The van der Waals surface area contributed by atoms with Gasteiger partial charge in [-0.05, 0) is 111 Å². The normalized spacial score (nSPS) is 26.6. The summed E-state index contributed by atoms with van der Waals surface area (Å²) in [6.45, 7) is 8.85. The largest absolute Gasteiger partial charge is 0.495 e. The third-order valence-electron chi connectivity index (χ3n) is 13.8. The number of primary amides is 1. The molecule has 3 amide bonds. The fourth-order valence-corrected chi connectivity index (χ4v) is 11.3. The number of pyridine rings is 1. The number of amides is 3. The number of ether oxygens (including phenoxy) is 3. The van der Waals surface area contributed by atoms with E-state index in [9.17, 15) is 9.90 Å². The van der Waals surface area contributed by atoms with Crippen molar-refractivity contribution < 1.29 is 38.1 Å². The number of hydrogen-bond acceptors (Lipinski definition) is 9. The molecule has 328 valence electrons. The minimum atomic E-state index is -1.63. The van der Waals surface area contributed by atoms with Crippen LogP contribution in [-0.4, -0.2) is 90.7 Å². The summed E-state index contributed by atoms with van der Waals surface area (Å²) in [7, 11) is 1.47. The third kappa shape index (κ3) is 7.81.